The fourth-order valence-electron chi connectivity index (χ4n) is 1.19. The summed E-state index contributed by atoms with van der Waals surface area (Å²) < 4.78 is 0.763. The first-order chi connectivity index (χ1) is 7.82. The van der Waals surface area contributed by atoms with Gasteiger partial charge in [0, 0.05) is 5.92 Å². The van der Waals surface area contributed by atoms with Crippen molar-refractivity contribution >= 4 is 44.8 Å². The number of hydrogen-bond donors (Lipinski definition) is 2. The van der Waals surface area contributed by atoms with Crippen LogP contribution in [-0.4, -0.2) is 11.8 Å². The molecule has 0 unspecified atom stereocenters. The molecule has 0 radical (unpaired) electrons. The molecule has 0 aliphatic heterocycles. The molecule has 1 aromatic rings. The van der Waals surface area contributed by atoms with Gasteiger partial charge in [-0.2, -0.15) is 0 Å². The van der Waals surface area contributed by atoms with Crippen LogP contribution in [0, 0.1) is 11.8 Å². The third-order valence-electron chi connectivity index (χ3n) is 2.60. The standard InChI is InChI=1S/C11H15BrN2O2S/c1-5(2)6(3)11(16)14-7-4-8(12)17-9(7)10(13)15/h4-6H,1-3H3,(H2,13,15)(H,14,16)/t6-/m1/s1. The minimum absolute atomic E-state index is 0.104. The molecule has 0 spiro atoms. The molecule has 0 aromatic carbocycles. The zero-order valence-electron chi connectivity index (χ0n) is 9.91. The highest BCUT2D eigenvalue weighted by molar-refractivity contribution is 9.11. The number of thiophene rings is 1. The third-order valence-corrected chi connectivity index (χ3v) is 4.25. The summed E-state index contributed by atoms with van der Waals surface area (Å²) in [4.78, 5) is 23.4. The molecule has 0 fully saturated rings. The Morgan fingerprint density at radius 2 is 2.00 bits per heavy atom. The van der Waals surface area contributed by atoms with Crippen LogP contribution >= 0.6 is 27.3 Å². The second-order valence-corrected chi connectivity index (χ2v) is 6.61. The van der Waals surface area contributed by atoms with Crippen LogP contribution in [0.25, 0.3) is 0 Å². The van der Waals surface area contributed by atoms with Gasteiger partial charge >= 0.3 is 0 Å². The third kappa shape index (κ3) is 3.54. The highest BCUT2D eigenvalue weighted by Crippen LogP contribution is 2.31. The molecule has 2 amide bonds. The number of nitrogens with one attached hydrogen (secondary N) is 1. The Morgan fingerprint density at radius 3 is 2.47 bits per heavy atom. The van der Waals surface area contributed by atoms with Crippen molar-refractivity contribution in [2.24, 2.45) is 17.6 Å². The Morgan fingerprint density at radius 1 is 1.41 bits per heavy atom. The predicted octanol–water partition coefficient (Wildman–Crippen LogP) is 2.84. The van der Waals surface area contributed by atoms with Crippen molar-refractivity contribution in [3.8, 4) is 0 Å². The first-order valence-electron chi connectivity index (χ1n) is 5.23. The van der Waals surface area contributed by atoms with Crippen molar-refractivity contribution < 1.29 is 9.59 Å². The first kappa shape index (κ1) is 14.2. The molecule has 1 aromatic heterocycles. The number of halogens is 1. The van der Waals surface area contributed by atoms with Crippen LogP contribution in [-0.2, 0) is 4.79 Å². The molecular weight excluding hydrogens is 304 g/mol. The maximum Gasteiger partial charge on any atom is 0.260 e. The number of carbonyl (C=O) groups excluding carboxylic acids is 2. The minimum Gasteiger partial charge on any atom is -0.365 e. The predicted molar refractivity (Wildman–Crippen MR) is 73.2 cm³/mol. The van der Waals surface area contributed by atoms with Gasteiger partial charge in [-0.15, -0.1) is 11.3 Å². The lowest BCUT2D eigenvalue weighted by atomic mass is 9.97. The minimum atomic E-state index is -0.534. The van der Waals surface area contributed by atoms with E-state index in [0.717, 1.165) is 3.79 Å². The average molecular weight is 319 g/mol. The van der Waals surface area contributed by atoms with Gasteiger partial charge in [-0.25, -0.2) is 0 Å². The second-order valence-electron chi connectivity index (χ2n) is 4.18. The average Bonchev–Trinajstić information content (AvgIpc) is 2.58. The molecule has 1 heterocycles. The van der Waals surface area contributed by atoms with E-state index in [1.165, 1.54) is 11.3 Å². The molecular formula is C11H15BrN2O2S. The number of hydrogen-bond acceptors (Lipinski definition) is 3. The van der Waals surface area contributed by atoms with Crippen LogP contribution in [0.2, 0.25) is 0 Å². The number of carbonyl (C=O) groups is 2. The van der Waals surface area contributed by atoms with E-state index in [4.69, 9.17) is 5.73 Å². The molecule has 0 bridgehead atoms. The number of rotatable bonds is 4. The van der Waals surface area contributed by atoms with Gasteiger partial charge in [0.15, 0.2) is 0 Å². The van der Waals surface area contributed by atoms with Gasteiger partial charge in [0.25, 0.3) is 5.91 Å². The molecule has 0 aliphatic carbocycles. The Labute approximate surface area is 113 Å². The SMILES string of the molecule is CC(C)[C@@H](C)C(=O)Nc1cc(Br)sc1C(N)=O. The van der Waals surface area contributed by atoms with Crippen LogP contribution in [0.4, 0.5) is 5.69 Å². The molecule has 17 heavy (non-hydrogen) atoms. The second kappa shape index (κ2) is 5.64. The largest absolute Gasteiger partial charge is 0.365 e. The highest BCUT2D eigenvalue weighted by Gasteiger charge is 2.20. The van der Waals surface area contributed by atoms with Gasteiger partial charge in [0.05, 0.1) is 9.47 Å². The lowest BCUT2D eigenvalue weighted by Crippen LogP contribution is -2.25. The lowest BCUT2D eigenvalue weighted by molar-refractivity contribution is -0.120. The fraction of sp³-hybridized carbons (Fsp3) is 0.455. The fourth-order valence-corrected chi connectivity index (χ4v) is 2.59. The van der Waals surface area contributed by atoms with E-state index in [-0.39, 0.29) is 17.7 Å². The lowest BCUT2D eigenvalue weighted by Gasteiger charge is -2.15. The number of amides is 2. The molecule has 1 atom stereocenters. The zero-order chi connectivity index (χ0) is 13.2. The quantitative estimate of drug-likeness (QED) is 0.896. The summed E-state index contributed by atoms with van der Waals surface area (Å²) in [6.45, 7) is 5.80. The van der Waals surface area contributed by atoms with Crippen molar-refractivity contribution in [2.75, 3.05) is 5.32 Å². The van der Waals surface area contributed by atoms with Crippen molar-refractivity contribution in [3.63, 3.8) is 0 Å². The summed E-state index contributed by atoms with van der Waals surface area (Å²) in [5.74, 6) is -0.510. The summed E-state index contributed by atoms with van der Waals surface area (Å²) in [6, 6.07) is 1.69. The Bertz CT molecular complexity index is 443. The van der Waals surface area contributed by atoms with Crippen LogP contribution in [0.15, 0.2) is 9.85 Å². The van der Waals surface area contributed by atoms with Crippen LogP contribution < -0.4 is 11.1 Å². The van der Waals surface area contributed by atoms with Crippen LogP contribution in [0.1, 0.15) is 30.4 Å². The molecule has 4 nitrogen and oxygen atoms in total. The van der Waals surface area contributed by atoms with Gasteiger partial charge in [-0.3, -0.25) is 9.59 Å². The number of anilines is 1. The molecule has 0 saturated heterocycles. The van der Waals surface area contributed by atoms with E-state index in [9.17, 15) is 9.59 Å². The molecule has 0 saturated carbocycles. The van der Waals surface area contributed by atoms with E-state index in [2.05, 4.69) is 21.2 Å². The Kier molecular flexibility index (Phi) is 4.70. The van der Waals surface area contributed by atoms with Crippen molar-refractivity contribution in [2.45, 2.75) is 20.8 Å². The normalized spacial score (nSPS) is 12.5. The maximum atomic E-state index is 11.9. The van der Waals surface area contributed by atoms with Gasteiger partial charge < -0.3 is 11.1 Å². The van der Waals surface area contributed by atoms with Gasteiger partial charge in [0.2, 0.25) is 5.91 Å². The molecule has 1 rings (SSSR count). The molecule has 0 aliphatic rings. The number of primary amides is 1. The van der Waals surface area contributed by atoms with Crippen LogP contribution in [0.3, 0.4) is 0 Å². The van der Waals surface area contributed by atoms with E-state index < -0.39 is 5.91 Å². The van der Waals surface area contributed by atoms with E-state index >= 15 is 0 Å². The van der Waals surface area contributed by atoms with Gasteiger partial charge in [-0.1, -0.05) is 20.8 Å². The summed E-state index contributed by atoms with van der Waals surface area (Å²) in [5.41, 5.74) is 5.72. The van der Waals surface area contributed by atoms with Gasteiger partial charge in [-0.05, 0) is 27.9 Å². The first-order valence-corrected chi connectivity index (χ1v) is 6.84. The smallest absolute Gasteiger partial charge is 0.260 e. The van der Waals surface area contributed by atoms with E-state index in [0.29, 0.717) is 10.6 Å². The van der Waals surface area contributed by atoms with Crippen LogP contribution in [0.5, 0.6) is 0 Å². The highest BCUT2D eigenvalue weighted by atomic mass is 79.9. The summed E-state index contributed by atoms with van der Waals surface area (Å²) in [7, 11) is 0. The summed E-state index contributed by atoms with van der Waals surface area (Å²) in [6.07, 6.45) is 0. The number of nitrogens with two attached hydrogens (primary N) is 1. The Balaban J connectivity index is 2.88. The Hall–Kier alpha value is -0.880. The van der Waals surface area contributed by atoms with Crippen molar-refractivity contribution in [1.82, 2.24) is 0 Å². The molecule has 94 valence electrons. The van der Waals surface area contributed by atoms with E-state index in [1.54, 1.807) is 6.07 Å². The maximum absolute atomic E-state index is 11.9. The monoisotopic (exact) mass is 318 g/mol. The van der Waals surface area contributed by atoms with Gasteiger partial charge in [0.1, 0.15) is 4.88 Å². The molecule has 6 heteroatoms. The van der Waals surface area contributed by atoms with Crippen molar-refractivity contribution in [3.05, 3.63) is 14.7 Å². The summed E-state index contributed by atoms with van der Waals surface area (Å²) in [5, 5.41) is 2.73. The zero-order valence-corrected chi connectivity index (χ0v) is 12.3. The van der Waals surface area contributed by atoms with E-state index in [1.807, 2.05) is 20.8 Å². The molecule has 3 N–H and O–H groups in total. The van der Waals surface area contributed by atoms with Crippen molar-refractivity contribution in [1.29, 1.82) is 0 Å². The summed E-state index contributed by atoms with van der Waals surface area (Å²) >= 11 is 4.48. The topological polar surface area (TPSA) is 72.2 Å².